The molecule has 0 saturated carbocycles. The molecule has 1 aromatic heterocycles. The minimum atomic E-state index is -1.29. The van der Waals surface area contributed by atoms with E-state index in [0.29, 0.717) is 22.9 Å². The summed E-state index contributed by atoms with van der Waals surface area (Å²) < 4.78 is 7.43. The minimum absolute atomic E-state index is 0.367. The molecule has 0 amide bonds. The number of hydrogen-bond acceptors (Lipinski definition) is 4. The topological polar surface area (TPSA) is 88.1 Å². The van der Waals surface area contributed by atoms with Gasteiger partial charge in [-0.2, -0.15) is 10.4 Å². The van der Waals surface area contributed by atoms with E-state index in [1.165, 1.54) is 18.9 Å². The van der Waals surface area contributed by atoms with Crippen molar-refractivity contribution < 1.29 is 14.6 Å². The average Bonchev–Trinajstić information content (AvgIpc) is 3.22. The van der Waals surface area contributed by atoms with Gasteiger partial charge in [0.25, 0.3) is 0 Å². The molecule has 0 aliphatic carbocycles. The monoisotopic (exact) mass is 449 g/mol. The Morgan fingerprint density at radius 2 is 1.88 bits per heavy atom. The second-order valence-electron chi connectivity index (χ2n) is 7.26. The lowest BCUT2D eigenvalue weighted by atomic mass is 10.1. The molecule has 7 heteroatoms. The maximum absolute atomic E-state index is 11.4. The highest BCUT2D eigenvalue weighted by Crippen LogP contribution is 2.28. The molecule has 1 N–H and O–H groups in total. The number of ether oxygens (including phenoxy) is 1. The maximum atomic E-state index is 11.4. The Bertz CT molecular complexity index is 1130. The van der Waals surface area contributed by atoms with Crippen LogP contribution in [0.2, 0.25) is 5.02 Å². The predicted octanol–water partition coefficient (Wildman–Crippen LogP) is 6.14. The first-order valence-corrected chi connectivity index (χ1v) is 10.8. The number of nitrogens with zero attached hydrogens (tertiary/aromatic N) is 3. The van der Waals surface area contributed by atoms with Gasteiger partial charge in [-0.1, -0.05) is 37.8 Å². The summed E-state index contributed by atoms with van der Waals surface area (Å²) in [5.41, 5.74) is 2.26. The number of aromatic nitrogens is 2. The lowest BCUT2D eigenvalue weighted by Crippen LogP contribution is -1.98. The van der Waals surface area contributed by atoms with Gasteiger partial charge in [-0.15, -0.1) is 0 Å². The van der Waals surface area contributed by atoms with Gasteiger partial charge in [0, 0.05) is 22.3 Å². The van der Waals surface area contributed by atoms with Crippen LogP contribution in [-0.2, 0) is 4.79 Å². The molecule has 0 aliphatic rings. The smallest absolute Gasteiger partial charge is 0.346 e. The van der Waals surface area contributed by atoms with Crippen LogP contribution in [0, 0.1) is 11.3 Å². The second-order valence-corrected chi connectivity index (χ2v) is 7.70. The largest absolute Gasteiger partial charge is 0.494 e. The molecule has 0 bridgehead atoms. The number of benzene rings is 2. The molecule has 0 unspecified atom stereocenters. The summed E-state index contributed by atoms with van der Waals surface area (Å²) in [5, 5.41) is 23.7. The summed E-state index contributed by atoms with van der Waals surface area (Å²) in [5.74, 6) is -0.521. The lowest BCUT2D eigenvalue weighted by molar-refractivity contribution is -0.132. The summed E-state index contributed by atoms with van der Waals surface area (Å²) in [6, 6.07) is 16.3. The predicted molar refractivity (Wildman–Crippen MR) is 125 cm³/mol. The van der Waals surface area contributed by atoms with Crippen molar-refractivity contribution in [2.75, 3.05) is 6.61 Å². The fraction of sp³-hybridized carbons (Fsp3) is 0.240. The van der Waals surface area contributed by atoms with E-state index in [2.05, 4.69) is 12.0 Å². The van der Waals surface area contributed by atoms with E-state index < -0.39 is 5.97 Å². The van der Waals surface area contributed by atoms with Crippen molar-refractivity contribution in [3.63, 3.8) is 0 Å². The first kappa shape index (κ1) is 23.1. The van der Waals surface area contributed by atoms with Crippen LogP contribution in [0.15, 0.2) is 60.3 Å². The summed E-state index contributed by atoms with van der Waals surface area (Å²) in [4.78, 5) is 11.4. The van der Waals surface area contributed by atoms with E-state index in [-0.39, 0.29) is 5.57 Å². The Balaban J connectivity index is 1.91. The van der Waals surface area contributed by atoms with Gasteiger partial charge >= 0.3 is 5.97 Å². The Morgan fingerprint density at radius 3 is 2.50 bits per heavy atom. The molecule has 1 heterocycles. The fourth-order valence-electron chi connectivity index (χ4n) is 3.17. The Kier molecular flexibility index (Phi) is 8.07. The van der Waals surface area contributed by atoms with E-state index in [9.17, 15) is 15.2 Å². The molecule has 2 aromatic carbocycles. The zero-order valence-electron chi connectivity index (χ0n) is 17.8. The summed E-state index contributed by atoms with van der Waals surface area (Å²) >= 11 is 5.98. The third kappa shape index (κ3) is 5.99. The maximum Gasteiger partial charge on any atom is 0.346 e. The molecule has 32 heavy (non-hydrogen) atoms. The highest BCUT2D eigenvalue weighted by atomic mass is 35.5. The molecule has 0 radical (unpaired) electrons. The van der Waals surface area contributed by atoms with Crippen molar-refractivity contribution in [1.82, 2.24) is 9.78 Å². The van der Waals surface area contributed by atoms with Crippen molar-refractivity contribution in [3.8, 4) is 28.8 Å². The van der Waals surface area contributed by atoms with Gasteiger partial charge in [-0.3, -0.25) is 0 Å². The molecule has 0 saturated heterocycles. The van der Waals surface area contributed by atoms with Crippen molar-refractivity contribution in [2.24, 2.45) is 0 Å². The van der Waals surface area contributed by atoms with Gasteiger partial charge in [-0.25, -0.2) is 9.48 Å². The Hall–Kier alpha value is -3.56. The molecule has 0 spiro atoms. The average molecular weight is 450 g/mol. The number of nitriles is 1. The highest BCUT2D eigenvalue weighted by molar-refractivity contribution is 6.30. The Labute approximate surface area is 192 Å². The normalized spacial score (nSPS) is 11.2. The van der Waals surface area contributed by atoms with Crippen LogP contribution in [-0.4, -0.2) is 27.5 Å². The van der Waals surface area contributed by atoms with Gasteiger partial charge in [0.15, 0.2) is 0 Å². The number of carboxylic acid groups (broad SMARTS) is 1. The van der Waals surface area contributed by atoms with Gasteiger partial charge < -0.3 is 9.84 Å². The van der Waals surface area contributed by atoms with E-state index in [4.69, 9.17) is 16.3 Å². The summed E-state index contributed by atoms with van der Waals surface area (Å²) in [6.45, 7) is 2.84. The summed E-state index contributed by atoms with van der Waals surface area (Å²) in [6.07, 6.45) is 7.57. The number of rotatable bonds is 10. The molecule has 0 fully saturated rings. The van der Waals surface area contributed by atoms with Crippen LogP contribution in [0.1, 0.15) is 38.2 Å². The lowest BCUT2D eigenvalue weighted by Gasteiger charge is -2.07. The second kappa shape index (κ2) is 11.2. The number of hydrogen-bond donors (Lipinski definition) is 1. The van der Waals surface area contributed by atoms with Gasteiger partial charge in [-0.05, 0) is 61.0 Å². The zero-order valence-corrected chi connectivity index (χ0v) is 18.5. The zero-order chi connectivity index (χ0) is 22.9. The van der Waals surface area contributed by atoms with Crippen molar-refractivity contribution >= 4 is 23.6 Å². The van der Waals surface area contributed by atoms with E-state index >= 15 is 0 Å². The highest BCUT2D eigenvalue weighted by Gasteiger charge is 2.14. The SMILES string of the molecule is CCCCCCOc1ccc(-c2nn(-c3ccc(Cl)cc3)cc2/C=C(/C#N)C(=O)O)cc1. The number of unbranched alkanes of at least 4 members (excludes halogenated alkanes) is 3. The quantitative estimate of drug-likeness (QED) is 0.228. The first-order chi connectivity index (χ1) is 15.5. The van der Waals surface area contributed by atoms with E-state index in [1.54, 1.807) is 29.1 Å². The van der Waals surface area contributed by atoms with Crippen LogP contribution >= 0.6 is 11.6 Å². The molecular formula is C25H24ClN3O3. The van der Waals surface area contributed by atoms with Gasteiger partial charge in [0.1, 0.15) is 17.4 Å². The van der Waals surface area contributed by atoms with Crippen LogP contribution in [0.3, 0.4) is 0 Å². The third-order valence-corrected chi connectivity index (χ3v) is 5.13. The fourth-order valence-corrected chi connectivity index (χ4v) is 3.29. The summed E-state index contributed by atoms with van der Waals surface area (Å²) in [7, 11) is 0. The molecule has 3 rings (SSSR count). The molecular weight excluding hydrogens is 426 g/mol. The van der Waals surface area contributed by atoms with E-state index in [0.717, 1.165) is 29.8 Å². The number of halogens is 1. The number of carbonyl (C=O) groups is 1. The van der Waals surface area contributed by atoms with E-state index in [1.807, 2.05) is 36.4 Å². The van der Waals surface area contributed by atoms with Gasteiger partial charge in [0.05, 0.1) is 18.0 Å². The van der Waals surface area contributed by atoms with Gasteiger partial charge in [0.2, 0.25) is 0 Å². The molecule has 0 atom stereocenters. The molecule has 164 valence electrons. The van der Waals surface area contributed by atoms with Crippen molar-refractivity contribution in [2.45, 2.75) is 32.6 Å². The number of aliphatic carboxylic acids is 1. The van der Waals surface area contributed by atoms with Crippen LogP contribution in [0.4, 0.5) is 0 Å². The molecule has 3 aromatic rings. The third-order valence-electron chi connectivity index (χ3n) is 4.88. The van der Waals surface area contributed by atoms with Crippen LogP contribution in [0.5, 0.6) is 5.75 Å². The first-order valence-electron chi connectivity index (χ1n) is 10.5. The van der Waals surface area contributed by atoms with Crippen LogP contribution < -0.4 is 4.74 Å². The molecule has 6 nitrogen and oxygen atoms in total. The van der Waals surface area contributed by atoms with Crippen LogP contribution in [0.25, 0.3) is 23.0 Å². The minimum Gasteiger partial charge on any atom is -0.494 e. The standard InChI is InChI=1S/C25H24ClN3O3/c1-2-3-4-5-14-32-23-12-6-18(7-13-23)24-20(15-19(16-27)25(30)31)17-29(28-24)22-10-8-21(26)9-11-22/h6-13,15,17H,2-5,14H2,1H3,(H,30,31)/b19-15-. The molecule has 0 aliphatic heterocycles. The van der Waals surface area contributed by atoms with Crippen molar-refractivity contribution in [1.29, 1.82) is 5.26 Å². The number of carboxylic acids is 1. The Morgan fingerprint density at radius 1 is 1.16 bits per heavy atom. The van der Waals surface area contributed by atoms with Crippen molar-refractivity contribution in [3.05, 3.63) is 70.9 Å².